The molecule has 0 radical (unpaired) electrons. The van der Waals surface area contributed by atoms with E-state index < -0.39 is 11.9 Å². The second kappa shape index (κ2) is 7.58. The first-order valence-corrected chi connectivity index (χ1v) is 6.34. The maximum Gasteiger partial charge on any atom is 0.287 e. The van der Waals surface area contributed by atoms with Crippen molar-refractivity contribution in [2.45, 2.75) is 26.3 Å². The molecule has 1 aromatic heterocycles. The largest absolute Gasteiger partial charge is 0.459 e. The summed E-state index contributed by atoms with van der Waals surface area (Å²) in [6.45, 7) is 4.55. The maximum atomic E-state index is 12.1. The van der Waals surface area contributed by atoms with Crippen LogP contribution in [-0.2, 0) is 4.79 Å². The van der Waals surface area contributed by atoms with Gasteiger partial charge in [-0.2, -0.15) is 0 Å². The number of aliphatic hydroxyl groups excluding tert-OH is 1. The monoisotopic (exact) mass is 268 g/mol. The molecule has 1 rings (SSSR count). The Morgan fingerprint density at radius 3 is 2.79 bits per heavy atom. The highest BCUT2D eigenvalue weighted by Gasteiger charge is 2.22. The number of likely N-dealkylation sites (N-methyl/N-ethyl adjacent to an activating group) is 1. The Morgan fingerprint density at radius 2 is 2.26 bits per heavy atom. The quantitative estimate of drug-likeness (QED) is 0.759. The molecule has 6 nitrogen and oxygen atoms in total. The Balaban J connectivity index is 2.53. The van der Waals surface area contributed by atoms with Crippen LogP contribution in [0, 0.1) is 0 Å². The lowest BCUT2D eigenvalue weighted by Crippen LogP contribution is -2.47. The minimum absolute atomic E-state index is 0.0386. The van der Waals surface area contributed by atoms with Gasteiger partial charge in [0.25, 0.3) is 5.91 Å². The van der Waals surface area contributed by atoms with Gasteiger partial charge in [-0.15, -0.1) is 0 Å². The van der Waals surface area contributed by atoms with E-state index in [-0.39, 0.29) is 18.3 Å². The van der Waals surface area contributed by atoms with E-state index in [1.807, 2.05) is 6.92 Å². The van der Waals surface area contributed by atoms with Gasteiger partial charge in [-0.3, -0.25) is 9.59 Å². The number of furan rings is 1. The lowest BCUT2D eigenvalue weighted by atomic mass is 10.2. The summed E-state index contributed by atoms with van der Waals surface area (Å²) in [5.74, 6) is -0.405. The number of rotatable bonds is 7. The van der Waals surface area contributed by atoms with Gasteiger partial charge in [0.05, 0.1) is 6.26 Å². The lowest BCUT2D eigenvalue weighted by Gasteiger charge is -2.24. The molecule has 0 aromatic carbocycles. The molecule has 2 N–H and O–H groups in total. The van der Waals surface area contributed by atoms with E-state index in [4.69, 9.17) is 9.52 Å². The molecule has 0 aliphatic rings. The Bertz CT molecular complexity index is 403. The zero-order chi connectivity index (χ0) is 14.3. The van der Waals surface area contributed by atoms with Crippen molar-refractivity contribution in [3.05, 3.63) is 24.2 Å². The molecule has 1 unspecified atom stereocenters. The predicted octanol–water partition coefficient (Wildman–Crippen LogP) is 0.629. The van der Waals surface area contributed by atoms with E-state index in [9.17, 15) is 9.59 Å². The Hall–Kier alpha value is -1.82. The molecule has 0 bridgehead atoms. The third-order valence-corrected chi connectivity index (χ3v) is 2.74. The number of amides is 2. The average Bonchev–Trinajstić information content (AvgIpc) is 2.93. The standard InChI is InChI=1S/C13H20N2O4/c1-3-15(7-5-8-16)13(18)10(2)14-12(17)11-6-4-9-19-11/h4,6,9-10,16H,3,5,7-8H2,1-2H3,(H,14,17). The summed E-state index contributed by atoms with van der Waals surface area (Å²) in [6.07, 6.45) is 1.93. The minimum Gasteiger partial charge on any atom is -0.459 e. The van der Waals surface area contributed by atoms with Crippen LogP contribution in [0.1, 0.15) is 30.8 Å². The molecular formula is C13H20N2O4. The Kier molecular flexibility index (Phi) is 6.08. The number of aliphatic hydroxyl groups is 1. The van der Waals surface area contributed by atoms with Gasteiger partial charge in [-0.25, -0.2) is 0 Å². The van der Waals surface area contributed by atoms with Crippen LogP contribution in [0.4, 0.5) is 0 Å². The molecule has 19 heavy (non-hydrogen) atoms. The first kappa shape index (κ1) is 15.2. The third kappa shape index (κ3) is 4.40. The van der Waals surface area contributed by atoms with Gasteiger partial charge in [0, 0.05) is 19.7 Å². The van der Waals surface area contributed by atoms with E-state index >= 15 is 0 Å². The van der Waals surface area contributed by atoms with Crippen molar-refractivity contribution in [3.8, 4) is 0 Å². The first-order chi connectivity index (χ1) is 9.10. The van der Waals surface area contributed by atoms with Crippen molar-refractivity contribution in [3.63, 3.8) is 0 Å². The minimum atomic E-state index is -0.628. The highest BCUT2D eigenvalue weighted by molar-refractivity contribution is 5.95. The topological polar surface area (TPSA) is 82.8 Å². The number of carbonyl (C=O) groups excluding carboxylic acids is 2. The molecule has 106 valence electrons. The fourth-order valence-corrected chi connectivity index (χ4v) is 1.70. The van der Waals surface area contributed by atoms with Gasteiger partial charge in [0.15, 0.2) is 5.76 Å². The highest BCUT2D eigenvalue weighted by Crippen LogP contribution is 2.02. The molecule has 0 saturated heterocycles. The highest BCUT2D eigenvalue weighted by atomic mass is 16.3. The molecule has 0 aliphatic carbocycles. The fraction of sp³-hybridized carbons (Fsp3) is 0.538. The van der Waals surface area contributed by atoms with E-state index in [1.165, 1.54) is 12.3 Å². The smallest absolute Gasteiger partial charge is 0.287 e. The van der Waals surface area contributed by atoms with Crippen molar-refractivity contribution in [1.29, 1.82) is 0 Å². The second-order valence-corrected chi connectivity index (χ2v) is 4.17. The van der Waals surface area contributed by atoms with Crippen LogP contribution >= 0.6 is 0 Å². The number of nitrogens with one attached hydrogen (secondary N) is 1. The van der Waals surface area contributed by atoms with Gasteiger partial charge in [-0.05, 0) is 32.4 Å². The summed E-state index contributed by atoms with van der Waals surface area (Å²) in [7, 11) is 0. The van der Waals surface area contributed by atoms with Crippen LogP contribution < -0.4 is 5.32 Å². The van der Waals surface area contributed by atoms with Gasteiger partial charge in [0.2, 0.25) is 5.91 Å². The summed E-state index contributed by atoms with van der Waals surface area (Å²) >= 11 is 0. The normalized spacial score (nSPS) is 11.9. The molecule has 1 heterocycles. The van der Waals surface area contributed by atoms with Crippen LogP contribution in [0.3, 0.4) is 0 Å². The molecule has 1 aromatic rings. The van der Waals surface area contributed by atoms with E-state index in [0.717, 1.165) is 0 Å². The number of carbonyl (C=O) groups is 2. The Labute approximate surface area is 112 Å². The number of hydrogen-bond acceptors (Lipinski definition) is 4. The van der Waals surface area contributed by atoms with E-state index in [1.54, 1.807) is 17.9 Å². The van der Waals surface area contributed by atoms with Crippen LogP contribution in [0.5, 0.6) is 0 Å². The SMILES string of the molecule is CCN(CCCO)C(=O)C(C)NC(=O)c1ccco1. The van der Waals surface area contributed by atoms with Crippen molar-refractivity contribution in [1.82, 2.24) is 10.2 Å². The molecule has 1 atom stereocenters. The average molecular weight is 268 g/mol. The lowest BCUT2D eigenvalue weighted by molar-refractivity contribution is -0.132. The predicted molar refractivity (Wildman–Crippen MR) is 69.6 cm³/mol. The van der Waals surface area contributed by atoms with E-state index in [0.29, 0.717) is 19.5 Å². The van der Waals surface area contributed by atoms with Gasteiger partial charge in [-0.1, -0.05) is 0 Å². The molecule has 0 spiro atoms. The molecule has 6 heteroatoms. The third-order valence-electron chi connectivity index (χ3n) is 2.74. The van der Waals surface area contributed by atoms with Gasteiger partial charge < -0.3 is 19.7 Å². The summed E-state index contributed by atoms with van der Waals surface area (Å²) in [5, 5.41) is 11.4. The molecule has 0 fully saturated rings. The van der Waals surface area contributed by atoms with Crippen LogP contribution in [0.15, 0.2) is 22.8 Å². The van der Waals surface area contributed by atoms with Crippen LogP contribution in [0.2, 0.25) is 0 Å². The van der Waals surface area contributed by atoms with Crippen LogP contribution in [-0.4, -0.2) is 47.6 Å². The molecule has 2 amide bonds. The fourth-order valence-electron chi connectivity index (χ4n) is 1.70. The maximum absolute atomic E-state index is 12.1. The van der Waals surface area contributed by atoms with Gasteiger partial charge >= 0.3 is 0 Å². The summed E-state index contributed by atoms with van der Waals surface area (Å²) in [4.78, 5) is 25.4. The van der Waals surface area contributed by atoms with Crippen LogP contribution in [0.25, 0.3) is 0 Å². The van der Waals surface area contributed by atoms with E-state index in [2.05, 4.69) is 5.32 Å². The van der Waals surface area contributed by atoms with Crippen molar-refractivity contribution in [2.75, 3.05) is 19.7 Å². The van der Waals surface area contributed by atoms with Crippen molar-refractivity contribution in [2.24, 2.45) is 0 Å². The van der Waals surface area contributed by atoms with Crippen molar-refractivity contribution >= 4 is 11.8 Å². The Morgan fingerprint density at radius 1 is 1.53 bits per heavy atom. The summed E-state index contributed by atoms with van der Waals surface area (Å²) in [5.41, 5.74) is 0. The summed E-state index contributed by atoms with van der Waals surface area (Å²) in [6, 6.07) is 2.52. The number of hydrogen-bond donors (Lipinski definition) is 2. The second-order valence-electron chi connectivity index (χ2n) is 4.17. The van der Waals surface area contributed by atoms with Gasteiger partial charge in [0.1, 0.15) is 6.04 Å². The zero-order valence-electron chi connectivity index (χ0n) is 11.3. The first-order valence-electron chi connectivity index (χ1n) is 6.34. The zero-order valence-corrected chi connectivity index (χ0v) is 11.3. The molecule has 0 aliphatic heterocycles. The molecule has 0 saturated carbocycles. The molecular weight excluding hydrogens is 248 g/mol. The number of nitrogens with zero attached hydrogens (tertiary/aromatic N) is 1. The van der Waals surface area contributed by atoms with Crippen molar-refractivity contribution < 1.29 is 19.1 Å². The summed E-state index contributed by atoms with van der Waals surface area (Å²) < 4.78 is 4.96.